The number of nitrogen functional groups attached to an aromatic ring is 1. The summed E-state index contributed by atoms with van der Waals surface area (Å²) in [5.74, 6) is 1.07. The van der Waals surface area contributed by atoms with Crippen LogP contribution in [0, 0.1) is 0 Å². The number of nitrogens with two attached hydrogens (primary N) is 1. The number of fused-ring (bicyclic) bond motifs is 1. The lowest BCUT2D eigenvalue weighted by atomic mass is 10.0. The lowest BCUT2D eigenvalue weighted by molar-refractivity contribution is 0.0957. The van der Waals surface area contributed by atoms with Crippen molar-refractivity contribution < 1.29 is 9.53 Å². The smallest absolute Gasteiger partial charge is 0.271 e. The van der Waals surface area contributed by atoms with E-state index in [4.69, 9.17) is 10.5 Å². The molecule has 0 radical (unpaired) electrons. The number of aromatic nitrogens is 4. The van der Waals surface area contributed by atoms with Gasteiger partial charge in [0.25, 0.3) is 5.91 Å². The summed E-state index contributed by atoms with van der Waals surface area (Å²) in [5, 5.41) is 9.67. The number of aromatic amines is 1. The van der Waals surface area contributed by atoms with Crippen LogP contribution < -0.4 is 20.7 Å². The molecule has 0 unspecified atom stereocenters. The molecule has 0 saturated carbocycles. The normalized spacial score (nSPS) is 13.8. The molecule has 24 heavy (non-hydrogen) atoms. The number of rotatable bonds is 4. The molecule has 128 valence electrons. The molecule has 2 aromatic rings. The zero-order valence-corrected chi connectivity index (χ0v) is 14.0. The van der Waals surface area contributed by atoms with E-state index in [0.717, 1.165) is 24.2 Å². The minimum absolute atomic E-state index is 0.00571. The fourth-order valence-electron chi connectivity index (χ4n) is 2.69. The number of nitrogens with one attached hydrogen (secondary N) is 2. The highest BCUT2D eigenvalue weighted by atomic mass is 16.5. The molecule has 1 aliphatic rings. The van der Waals surface area contributed by atoms with Gasteiger partial charge in [0.05, 0.1) is 6.10 Å². The van der Waals surface area contributed by atoms with Crippen LogP contribution in [0.15, 0.2) is 6.07 Å². The van der Waals surface area contributed by atoms with Crippen LogP contribution >= 0.6 is 0 Å². The summed E-state index contributed by atoms with van der Waals surface area (Å²) in [6, 6.07) is 1.76. The zero-order valence-electron chi connectivity index (χ0n) is 14.0. The van der Waals surface area contributed by atoms with Gasteiger partial charge in [0.15, 0.2) is 5.69 Å². The van der Waals surface area contributed by atoms with Crippen LogP contribution in [0.5, 0.6) is 5.88 Å². The van der Waals surface area contributed by atoms with Crippen molar-refractivity contribution in [2.24, 2.45) is 0 Å². The lowest BCUT2D eigenvalue weighted by Crippen LogP contribution is -2.32. The van der Waals surface area contributed by atoms with Crippen LogP contribution in [-0.4, -0.2) is 45.8 Å². The van der Waals surface area contributed by atoms with Gasteiger partial charge in [-0.2, -0.15) is 15.1 Å². The molecule has 0 spiro atoms. The number of H-pyrrole nitrogens is 1. The standard InChI is InChI=1S/C15H21N7O2/c1-8(2)24-12-6-11(18-15(16)19-12)22-5-4-10-9(7-22)13(21-20-10)14(23)17-3/h6,8H,4-5,7H2,1-3H3,(H,17,23)(H,20,21)(H2,16,18,19). The van der Waals surface area contributed by atoms with Crippen molar-refractivity contribution in [3.63, 3.8) is 0 Å². The second-order valence-corrected chi connectivity index (χ2v) is 5.87. The molecule has 9 heteroatoms. The van der Waals surface area contributed by atoms with Crippen LogP contribution in [-0.2, 0) is 13.0 Å². The largest absolute Gasteiger partial charge is 0.475 e. The Morgan fingerprint density at radius 3 is 2.96 bits per heavy atom. The molecule has 0 bridgehead atoms. The van der Waals surface area contributed by atoms with E-state index in [0.29, 0.717) is 23.9 Å². The van der Waals surface area contributed by atoms with Gasteiger partial charge in [-0.1, -0.05) is 0 Å². The highest BCUT2D eigenvalue weighted by Gasteiger charge is 2.26. The van der Waals surface area contributed by atoms with Crippen molar-refractivity contribution in [3.05, 3.63) is 23.0 Å². The van der Waals surface area contributed by atoms with E-state index in [1.165, 1.54) is 0 Å². The number of anilines is 2. The number of nitrogens with zero attached hydrogens (tertiary/aromatic N) is 4. The monoisotopic (exact) mass is 331 g/mol. The second-order valence-electron chi connectivity index (χ2n) is 5.87. The maximum Gasteiger partial charge on any atom is 0.271 e. The maximum atomic E-state index is 11.9. The van der Waals surface area contributed by atoms with Gasteiger partial charge in [-0.25, -0.2) is 0 Å². The Balaban J connectivity index is 1.89. The van der Waals surface area contributed by atoms with Crippen LogP contribution in [0.4, 0.5) is 11.8 Å². The van der Waals surface area contributed by atoms with Gasteiger partial charge in [-0.15, -0.1) is 0 Å². The molecule has 1 aliphatic heterocycles. The third-order valence-electron chi connectivity index (χ3n) is 3.76. The van der Waals surface area contributed by atoms with Gasteiger partial charge in [0.2, 0.25) is 11.8 Å². The number of hydrogen-bond acceptors (Lipinski definition) is 7. The van der Waals surface area contributed by atoms with Crippen LogP contribution in [0.2, 0.25) is 0 Å². The summed E-state index contributed by atoms with van der Waals surface area (Å²) in [6.07, 6.45) is 0.734. The van der Waals surface area contributed by atoms with E-state index in [-0.39, 0.29) is 18.0 Å². The topological polar surface area (TPSA) is 122 Å². The first-order valence-electron chi connectivity index (χ1n) is 7.82. The number of carbonyl (C=O) groups excluding carboxylic acids is 1. The van der Waals surface area contributed by atoms with Crippen molar-refractivity contribution in [1.82, 2.24) is 25.5 Å². The van der Waals surface area contributed by atoms with Crippen LogP contribution in [0.3, 0.4) is 0 Å². The molecule has 2 aromatic heterocycles. The number of carbonyl (C=O) groups is 1. The van der Waals surface area contributed by atoms with E-state index in [2.05, 4.69) is 25.5 Å². The molecular formula is C15H21N7O2. The predicted molar refractivity (Wildman–Crippen MR) is 88.9 cm³/mol. The van der Waals surface area contributed by atoms with E-state index in [1.807, 2.05) is 18.7 Å². The Hall–Kier alpha value is -2.84. The summed E-state index contributed by atoms with van der Waals surface area (Å²) >= 11 is 0. The number of ether oxygens (including phenoxy) is 1. The lowest BCUT2D eigenvalue weighted by Gasteiger charge is -2.28. The van der Waals surface area contributed by atoms with E-state index in [1.54, 1.807) is 13.1 Å². The third kappa shape index (κ3) is 3.10. The maximum absolute atomic E-state index is 11.9. The summed E-state index contributed by atoms with van der Waals surface area (Å²) < 4.78 is 5.62. The molecule has 0 saturated heterocycles. The van der Waals surface area contributed by atoms with Gasteiger partial charge in [0, 0.05) is 43.9 Å². The molecular weight excluding hydrogens is 310 g/mol. The van der Waals surface area contributed by atoms with Crippen LogP contribution in [0.25, 0.3) is 0 Å². The van der Waals surface area contributed by atoms with Gasteiger partial charge in [-0.3, -0.25) is 9.89 Å². The summed E-state index contributed by atoms with van der Waals surface area (Å²) in [4.78, 5) is 22.4. The van der Waals surface area contributed by atoms with Gasteiger partial charge >= 0.3 is 0 Å². The Kier molecular flexibility index (Phi) is 4.24. The van der Waals surface area contributed by atoms with Crippen molar-refractivity contribution in [1.29, 1.82) is 0 Å². The molecule has 4 N–H and O–H groups in total. The molecule has 0 fully saturated rings. The average molecular weight is 331 g/mol. The molecule has 3 rings (SSSR count). The first-order chi connectivity index (χ1) is 11.5. The molecule has 1 amide bonds. The van der Waals surface area contributed by atoms with Crippen molar-refractivity contribution in [2.75, 3.05) is 24.2 Å². The second kappa shape index (κ2) is 6.34. The Bertz CT molecular complexity index is 756. The van der Waals surface area contributed by atoms with Gasteiger partial charge < -0.3 is 20.7 Å². The van der Waals surface area contributed by atoms with Gasteiger partial charge in [0.1, 0.15) is 5.82 Å². The molecule has 0 aromatic carbocycles. The first kappa shape index (κ1) is 16.0. The predicted octanol–water partition coefficient (Wildman–Crippen LogP) is 0.491. The molecule has 9 nitrogen and oxygen atoms in total. The van der Waals surface area contributed by atoms with E-state index < -0.39 is 0 Å². The van der Waals surface area contributed by atoms with E-state index in [9.17, 15) is 4.79 Å². The van der Waals surface area contributed by atoms with Crippen molar-refractivity contribution in [3.8, 4) is 5.88 Å². The van der Waals surface area contributed by atoms with Crippen LogP contribution in [0.1, 0.15) is 35.6 Å². The fourth-order valence-corrected chi connectivity index (χ4v) is 2.69. The summed E-state index contributed by atoms with van der Waals surface area (Å²) in [6.45, 7) is 5.10. The Labute approximate surface area is 139 Å². The minimum atomic E-state index is -0.208. The highest BCUT2D eigenvalue weighted by molar-refractivity contribution is 5.93. The van der Waals surface area contributed by atoms with Crippen molar-refractivity contribution in [2.45, 2.75) is 32.9 Å². The fraction of sp³-hybridized carbons (Fsp3) is 0.467. The third-order valence-corrected chi connectivity index (χ3v) is 3.76. The average Bonchev–Trinajstić information content (AvgIpc) is 2.96. The number of hydrogen-bond donors (Lipinski definition) is 3. The Morgan fingerprint density at radius 2 is 2.25 bits per heavy atom. The van der Waals surface area contributed by atoms with E-state index >= 15 is 0 Å². The summed E-state index contributed by atoms with van der Waals surface area (Å²) in [7, 11) is 1.59. The summed E-state index contributed by atoms with van der Waals surface area (Å²) in [5.41, 5.74) is 8.08. The molecule has 3 heterocycles. The van der Waals surface area contributed by atoms with Crippen molar-refractivity contribution >= 4 is 17.7 Å². The quantitative estimate of drug-likeness (QED) is 0.745. The van der Waals surface area contributed by atoms with Gasteiger partial charge in [-0.05, 0) is 13.8 Å². The number of amides is 1. The first-order valence-corrected chi connectivity index (χ1v) is 7.82. The highest BCUT2D eigenvalue weighted by Crippen LogP contribution is 2.26. The minimum Gasteiger partial charge on any atom is -0.475 e. The molecule has 0 atom stereocenters. The molecule has 0 aliphatic carbocycles. The SMILES string of the molecule is CNC(=O)c1n[nH]c2c1CN(c1cc(OC(C)C)nc(N)n1)CC2. The Morgan fingerprint density at radius 1 is 1.46 bits per heavy atom. The zero-order chi connectivity index (χ0) is 17.3.